The van der Waals surface area contributed by atoms with Gasteiger partial charge in [-0.15, -0.1) is 0 Å². The summed E-state index contributed by atoms with van der Waals surface area (Å²) in [7, 11) is 0. The normalized spacial score (nSPS) is 12.2. The molecule has 66 valence electrons. The second-order valence-corrected chi connectivity index (χ2v) is 2.63. The third-order valence-electron chi connectivity index (χ3n) is 1.02. The van der Waals surface area contributed by atoms with E-state index in [1.165, 1.54) is 0 Å². The Bertz CT molecular complexity index is 124. The molecular formula is C7H16N2O2. The Morgan fingerprint density at radius 2 is 2.18 bits per heavy atom. The zero-order valence-electron chi connectivity index (χ0n) is 7.41. The number of hydrogen-bond donors (Lipinski definition) is 0. The minimum atomic E-state index is -0.00544. The van der Waals surface area contributed by atoms with Gasteiger partial charge in [0.25, 0.3) is 0 Å². The quantitative estimate of drug-likeness (QED) is 0.351. The van der Waals surface area contributed by atoms with Gasteiger partial charge in [-0.05, 0) is 20.3 Å². The monoisotopic (exact) mass is 160 g/mol. The lowest BCUT2D eigenvalue weighted by atomic mass is 10.4. The molecule has 0 heterocycles. The molecule has 0 atom stereocenters. The van der Waals surface area contributed by atoms with Crippen LogP contribution >= 0.6 is 0 Å². The van der Waals surface area contributed by atoms with E-state index in [9.17, 15) is 5.21 Å². The molecule has 0 aliphatic heterocycles. The standard InChI is InChI=1S/C7H16N2O2/c1-4-5-6-11-9(10)8-7(2)3/h7H,4-6H2,1-3H3. The Morgan fingerprint density at radius 1 is 1.55 bits per heavy atom. The molecular weight excluding hydrogens is 144 g/mol. The average Bonchev–Trinajstić information content (AvgIpc) is 1.86. The Hall–Kier alpha value is -0.800. The predicted molar refractivity (Wildman–Crippen MR) is 42.1 cm³/mol. The fourth-order valence-electron chi connectivity index (χ4n) is 0.509. The van der Waals surface area contributed by atoms with Crippen LogP contribution in [0, 0.1) is 5.21 Å². The summed E-state index contributed by atoms with van der Waals surface area (Å²) in [6, 6.07) is -0.00544. The van der Waals surface area contributed by atoms with Crippen molar-refractivity contribution in [3.63, 3.8) is 0 Å². The molecule has 0 radical (unpaired) electrons. The molecule has 0 saturated heterocycles. The maximum absolute atomic E-state index is 10.7. The van der Waals surface area contributed by atoms with Gasteiger partial charge in [0, 0.05) is 5.11 Å². The molecule has 0 aromatic rings. The number of unbranched alkanes of at least 4 members (excludes halogenated alkanes) is 1. The summed E-state index contributed by atoms with van der Waals surface area (Å²) in [4.78, 5) is 4.70. The summed E-state index contributed by atoms with van der Waals surface area (Å²) in [5.41, 5.74) is 0. The van der Waals surface area contributed by atoms with Crippen LogP contribution in [0.5, 0.6) is 0 Å². The minimum absolute atomic E-state index is 0.00544. The van der Waals surface area contributed by atoms with Crippen molar-refractivity contribution < 1.29 is 9.86 Å². The molecule has 0 saturated carbocycles. The topological polar surface area (TPSA) is 47.7 Å². The molecule has 0 rings (SSSR count). The maximum Gasteiger partial charge on any atom is 0.169 e. The van der Waals surface area contributed by atoms with Crippen molar-refractivity contribution in [1.82, 2.24) is 0 Å². The van der Waals surface area contributed by atoms with E-state index >= 15 is 0 Å². The van der Waals surface area contributed by atoms with Gasteiger partial charge < -0.3 is 4.84 Å². The average molecular weight is 160 g/mol. The van der Waals surface area contributed by atoms with Crippen molar-refractivity contribution in [1.29, 1.82) is 0 Å². The third-order valence-corrected chi connectivity index (χ3v) is 1.02. The molecule has 0 amide bonds. The van der Waals surface area contributed by atoms with Gasteiger partial charge in [-0.2, -0.15) is 0 Å². The first-order valence-corrected chi connectivity index (χ1v) is 3.97. The highest BCUT2D eigenvalue weighted by atomic mass is 16.9. The Balaban J connectivity index is 3.43. The molecule has 0 spiro atoms. The molecule has 0 aromatic carbocycles. The third kappa shape index (κ3) is 7.09. The van der Waals surface area contributed by atoms with E-state index in [1.54, 1.807) is 0 Å². The summed E-state index contributed by atoms with van der Waals surface area (Å²) in [6.45, 7) is 6.15. The van der Waals surface area contributed by atoms with Gasteiger partial charge in [0.15, 0.2) is 5.02 Å². The zero-order chi connectivity index (χ0) is 8.69. The first-order valence-electron chi connectivity index (χ1n) is 3.97. The minimum Gasteiger partial charge on any atom is -0.380 e. The predicted octanol–water partition coefficient (Wildman–Crippen LogP) is 2.09. The molecule has 0 aromatic heterocycles. The Kier molecular flexibility index (Phi) is 5.51. The van der Waals surface area contributed by atoms with Crippen molar-refractivity contribution in [3.8, 4) is 0 Å². The van der Waals surface area contributed by atoms with Crippen molar-refractivity contribution in [2.24, 2.45) is 5.11 Å². The van der Waals surface area contributed by atoms with Crippen LogP contribution in [0.3, 0.4) is 0 Å². The zero-order valence-corrected chi connectivity index (χ0v) is 7.41. The summed E-state index contributed by atoms with van der Waals surface area (Å²) < 4.78 is 0. The highest BCUT2D eigenvalue weighted by molar-refractivity contribution is 4.38. The van der Waals surface area contributed by atoms with Crippen LogP contribution < -0.4 is 0 Å². The van der Waals surface area contributed by atoms with Crippen LogP contribution in [0.1, 0.15) is 33.6 Å². The molecule has 4 nitrogen and oxygen atoms in total. The lowest BCUT2D eigenvalue weighted by Gasteiger charge is -2.01. The van der Waals surface area contributed by atoms with Gasteiger partial charge in [0.1, 0.15) is 6.04 Å². The second-order valence-electron chi connectivity index (χ2n) is 2.63. The van der Waals surface area contributed by atoms with E-state index < -0.39 is 0 Å². The molecule has 0 aliphatic rings. The maximum atomic E-state index is 10.7. The first kappa shape index (κ1) is 10.2. The number of rotatable bonds is 5. The largest absolute Gasteiger partial charge is 0.380 e. The Morgan fingerprint density at radius 3 is 2.64 bits per heavy atom. The first-order chi connectivity index (χ1) is 5.16. The summed E-state index contributed by atoms with van der Waals surface area (Å²) in [5, 5.41) is 14.6. The van der Waals surface area contributed by atoms with Crippen molar-refractivity contribution in [3.05, 3.63) is 5.21 Å². The fraction of sp³-hybridized carbons (Fsp3) is 1.00. The van der Waals surface area contributed by atoms with Gasteiger partial charge in [-0.25, -0.2) is 5.21 Å². The lowest BCUT2D eigenvalue weighted by molar-refractivity contribution is -0.792. The van der Waals surface area contributed by atoms with Crippen LogP contribution in [0.4, 0.5) is 0 Å². The fourth-order valence-corrected chi connectivity index (χ4v) is 0.509. The molecule has 0 aliphatic carbocycles. The molecule has 0 unspecified atom stereocenters. The van der Waals surface area contributed by atoms with E-state index in [1.807, 2.05) is 20.8 Å². The van der Waals surface area contributed by atoms with Crippen LogP contribution in [-0.2, 0) is 4.84 Å². The van der Waals surface area contributed by atoms with E-state index in [4.69, 9.17) is 4.84 Å². The lowest BCUT2D eigenvalue weighted by Crippen LogP contribution is -2.06. The van der Waals surface area contributed by atoms with Crippen molar-refractivity contribution in [2.75, 3.05) is 6.61 Å². The summed E-state index contributed by atoms with van der Waals surface area (Å²) in [6.07, 6.45) is 1.92. The summed E-state index contributed by atoms with van der Waals surface area (Å²) in [5.74, 6) is 0. The highest BCUT2D eigenvalue weighted by Crippen LogP contribution is 1.91. The SMILES string of the molecule is CCCCO[N+]([O-])=NC(C)C. The molecule has 0 bridgehead atoms. The van der Waals surface area contributed by atoms with E-state index in [0.29, 0.717) is 11.6 Å². The van der Waals surface area contributed by atoms with Gasteiger partial charge >= 0.3 is 0 Å². The highest BCUT2D eigenvalue weighted by Gasteiger charge is 1.97. The van der Waals surface area contributed by atoms with Crippen LogP contribution in [0.25, 0.3) is 0 Å². The second kappa shape index (κ2) is 5.95. The smallest absolute Gasteiger partial charge is 0.169 e. The summed E-state index contributed by atoms with van der Waals surface area (Å²) >= 11 is 0. The van der Waals surface area contributed by atoms with Gasteiger partial charge in [-0.1, -0.05) is 13.3 Å². The molecule has 0 N–H and O–H groups in total. The van der Waals surface area contributed by atoms with E-state index in [-0.39, 0.29) is 6.04 Å². The molecule has 4 heteroatoms. The molecule has 11 heavy (non-hydrogen) atoms. The van der Waals surface area contributed by atoms with Crippen LogP contribution in [0.15, 0.2) is 5.11 Å². The number of hydrogen-bond acceptors (Lipinski definition) is 3. The van der Waals surface area contributed by atoms with Crippen LogP contribution in [0.2, 0.25) is 0 Å². The Labute approximate surface area is 67.4 Å². The van der Waals surface area contributed by atoms with E-state index in [2.05, 4.69) is 5.11 Å². The molecule has 0 fully saturated rings. The van der Waals surface area contributed by atoms with Crippen molar-refractivity contribution in [2.45, 2.75) is 39.7 Å². The number of nitrogens with zero attached hydrogens (tertiary/aromatic N) is 2. The van der Waals surface area contributed by atoms with Crippen molar-refractivity contribution >= 4 is 0 Å². The van der Waals surface area contributed by atoms with Gasteiger partial charge in [0.2, 0.25) is 0 Å². The van der Waals surface area contributed by atoms with Crippen LogP contribution in [-0.4, -0.2) is 17.7 Å². The van der Waals surface area contributed by atoms with E-state index in [0.717, 1.165) is 12.8 Å². The van der Waals surface area contributed by atoms with Gasteiger partial charge in [0.05, 0.1) is 6.61 Å². The van der Waals surface area contributed by atoms with Gasteiger partial charge in [-0.3, -0.25) is 0 Å².